The highest BCUT2D eigenvalue weighted by molar-refractivity contribution is 8.00. The maximum absolute atomic E-state index is 13.4. The van der Waals surface area contributed by atoms with Gasteiger partial charge in [0.15, 0.2) is 0 Å². The quantitative estimate of drug-likeness (QED) is 0.584. The molecule has 0 spiro atoms. The Morgan fingerprint density at radius 2 is 1.77 bits per heavy atom. The summed E-state index contributed by atoms with van der Waals surface area (Å²) in [6.07, 6.45) is 4.99. The van der Waals surface area contributed by atoms with E-state index in [4.69, 9.17) is 10.7 Å². The van der Waals surface area contributed by atoms with E-state index < -0.39 is 17.0 Å². The molecule has 1 amide bonds. The number of rotatable bonds is 7. The van der Waals surface area contributed by atoms with Gasteiger partial charge in [-0.25, -0.2) is 9.37 Å². The maximum atomic E-state index is 13.4. The lowest BCUT2D eigenvalue weighted by atomic mass is 9.99. The molecule has 2 saturated heterocycles. The number of likely N-dealkylation sites (tertiary alicyclic amines) is 1. The van der Waals surface area contributed by atoms with E-state index in [0.29, 0.717) is 40.0 Å². The number of hydrogen-bond donors (Lipinski definition) is 1. The Morgan fingerprint density at radius 1 is 1.14 bits per heavy atom. The summed E-state index contributed by atoms with van der Waals surface area (Å²) in [5.41, 5.74) is 7.57. The summed E-state index contributed by atoms with van der Waals surface area (Å²) >= 11 is 1.08. The molecule has 35 heavy (non-hydrogen) atoms. The molecule has 0 bridgehead atoms. The van der Waals surface area contributed by atoms with Gasteiger partial charge in [-0.3, -0.25) is 4.79 Å². The first-order chi connectivity index (χ1) is 17.0. The molecule has 1 aromatic heterocycles. The predicted molar refractivity (Wildman–Crippen MR) is 133 cm³/mol. The lowest BCUT2D eigenvalue weighted by Gasteiger charge is -2.37. The van der Waals surface area contributed by atoms with Crippen molar-refractivity contribution in [3.8, 4) is 12.1 Å². The van der Waals surface area contributed by atoms with Crippen LogP contribution in [0.3, 0.4) is 0 Å². The second-order valence-electron chi connectivity index (χ2n) is 8.96. The van der Waals surface area contributed by atoms with Crippen molar-refractivity contribution in [2.75, 3.05) is 31.1 Å². The van der Waals surface area contributed by atoms with E-state index in [1.165, 1.54) is 37.1 Å². The summed E-state index contributed by atoms with van der Waals surface area (Å²) in [6, 6.07) is 10.6. The summed E-state index contributed by atoms with van der Waals surface area (Å²) in [5, 5.41) is 19.5. The first-order valence-corrected chi connectivity index (χ1v) is 12.9. The van der Waals surface area contributed by atoms with Gasteiger partial charge in [-0.1, -0.05) is 30.8 Å². The van der Waals surface area contributed by atoms with Crippen molar-refractivity contribution < 1.29 is 9.18 Å². The molecule has 0 aliphatic carbocycles. The van der Waals surface area contributed by atoms with Gasteiger partial charge in [-0.05, 0) is 68.5 Å². The van der Waals surface area contributed by atoms with Gasteiger partial charge in [0.25, 0.3) is 0 Å². The Morgan fingerprint density at radius 3 is 2.31 bits per heavy atom. The number of thioether (sulfide) groups is 1. The van der Waals surface area contributed by atoms with Gasteiger partial charge in [0, 0.05) is 19.1 Å². The normalized spacial score (nSPS) is 17.7. The Balaban J connectivity index is 1.69. The Labute approximate surface area is 209 Å². The van der Waals surface area contributed by atoms with Crippen molar-refractivity contribution in [1.82, 2.24) is 9.88 Å². The molecule has 1 aromatic carbocycles. The number of nitrogens with two attached hydrogens (primary N) is 1. The number of amides is 1. The first-order valence-electron chi connectivity index (χ1n) is 12.0. The first kappa shape index (κ1) is 25.0. The minimum absolute atomic E-state index is 0.290. The van der Waals surface area contributed by atoms with E-state index in [2.05, 4.69) is 21.9 Å². The van der Waals surface area contributed by atoms with Crippen LogP contribution in [0.4, 0.5) is 10.2 Å². The van der Waals surface area contributed by atoms with E-state index in [-0.39, 0.29) is 5.56 Å². The fourth-order valence-electron chi connectivity index (χ4n) is 5.09. The van der Waals surface area contributed by atoms with E-state index >= 15 is 0 Å². The second kappa shape index (κ2) is 11.1. The third-order valence-corrected chi connectivity index (χ3v) is 8.17. The molecule has 2 N–H and O–H groups in total. The standard InChI is InChI=1S/C26H29FN6OS/c1-2-20-21(15-28)25(33-13-9-19(10-14-33)32-11-3-4-12-32)31-26(22(20)16-29)35-23(24(30)34)17-5-7-18(27)8-6-17/h5-8,19,23H,2-4,9-14H2,1H3,(H2,30,34). The SMILES string of the molecule is CCc1c(C#N)c(SC(C(N)=O)c2ccc(F)cc2)nc(N2CCC(N3CCCC3)CC2)c1C#N. The van der Waals surface area contributed by atoms with Crippen LogP contribution in [0.5, 0.6) is 0 Å². The number of carbonyl (C=O) groups excluding carboxylic acids is 1. The number of halogens is 1. The van der Waals surface area contributed by atoms with Gasteiger partial charge in [0.2, 0.25) is 5.91 Å². The molecule has 4 rings (SSSR count). The van der Waals surface area contributed by atoms with Crippen molar-refractivity contribution >= 4 is 23.5 Å². The van der Waals surface area contributed by atoms with Crippen LogP contribution in [-0.2, 0) is 11.2 Å². The van der Waals surface area contributed by atoms with Gasteiger partial charge < -0.3 is 15.5 Å². The summed E-state index contributed by atoms with van der Waals surface area (Å²) in [4.78, 5) is 21.8. The molecule has 9 heteroatoms. The number of aromatic nitrogens is 1. The van der Waals surface area contributed by atoms with Crippen LogP contribution < -0.4 is 10.6 Å². The van der Waals surface area contributed by atoms with Crippen molar-refractivity contribution in [2.45, 2.75) is 55.3 Å². The molecule has 1 atom stereocenters. The molecule has 2 aliphatic heterocycles. The minimum Gasteiger partial charge on any atom is -0.368 e. The molecule has 7 nitrogen and oxygen atoms in total. The van der Waals surface area contributed by atoms with Crippen molar-refractivity contribution in [2.24, 2.45) is 5.73 Å². The molecule has 182 valence electrons. The molecular weight excluding hydrogens is 463 g/mol. The van der Waals surface area contributed by atoms with Crippen LogP contribution in [-0.4, -0.2) is 48.0 Å². The lowest BCUT2D eigenvalue weighted by molar-refractivity contribution is -0.117. The Hall–Kier alpha value is -3.14. The maximum Gasteiger partial charge on any atom is 0.235 e. The van der Waals surface area contributed by atoms with Gasteiger partial charge in [0.05, 0.1) is 11.1 Å². The van der Waals surface area contributed by atoms with Crippen LogP contribution in [0.15, 0.2) is 29.3 Å². The average molecular weight is 493 g/mol. The molecule has 2 aliphatic rings. The third kappa shape index (κ3) is 5.27. The number of nitrogens with zero attached hydrogens (tertiary/aromatic N) is 5. The van der Waals surface area contributed by atoms with Crippen molar-refractivity contribution in [1.29, 1.82) is 10.5 Å². The number of primary amides is 1. The van der Waals surface area contributed by atoms with E-state index in [1.807, 2.05) is 6.92 Å². The summed E-state index contributed by atoms with van der Waals surface area (Å²) in [6.45, 7) is 5.77. The van der Waals surface area contributed by atoms with E-state index in [0.717, 1.165) is 50.8 Å². The average Bonchev–Trinajstić information content (AvgIpc) is 3.42. The number of pyridine rings is 1. The smallest absolute Gasteiger partial charge is 0.235 e. The Kier molecular flexibility index (Phi) is 7.90. The number of anilines is 1. The van der Waals surface area contributed by atoms with Crippen LogP contribution in [0.2, 0.25) is 0 Å². The molecule has 2 aromatic rings. The van der Waals surface area contributed by atoms with Crippen LogP contribution in [0.25, 0.3) is 0 Å². The summed E-state index contributed by atoms with van der Waals surface area (Å²) in [5.74, 6) is -0.459. The zero-order valence-corrected chi connectivity index (χ0v) is 20.7. The van der Waals surface area contributed by atoms with Crippen LogP contribution in [0, 0.1) is 28.5 Å². The molecular formula is C26H29FN6OS. The number of carbonyl (C=O) groups is 1. The topological polar surface area (TPSA) is 110 Å². The molecule has 2 fully saturated rings. The van der Waals surface area contributed by atoms with Crippen molar-refractivity contribution in [3.63, 3.8) is 0 Å². The second-order valence-corrected chi connectivity index (χ2v) is 10.1. The number of benzene rings is 1. The number of piperidine rings is 1. The third-order valence-electron chi connectivity index (χ3n) is 6.91. The van der Waals surface area contributed by atoms with Crippen LogP contribution in [0.1, 0.15) is 60.1 Å². The Bertz CT molecular complexity index is 1160. The minimum atomic E-state index is -0.846. The van der Waals surface area contributed by atoms with Crippen LogP contribution >= 0.6 is 11.8 Å². The highest BCUT2D eigenvalue weighted by atomic mass is 32.2. The summed E-state index contributed by atoms with van der Waals surface area (Å²) < 4.78 is 13.4. The monoisotopic (exact) mass is 492 g/mol. The molecule has 0 radical (unpaired) electrons. The highest BCUT2D eigenvalue weighted by Crippen LogP contribution is 2.40. The zero-order valence-electron chi connectivity index (χ0n) is 19.8. The molecule has 3 heterocycles. The number of nitriles is 2. The van der Waals surface area contributed by atoms with Gasteiger partial charge in [0.1, 0.15) is 34.0 Å². The molecule has 1 unspecified atom stereocenters. The number of hydrogen-bond acceptors (Lipinski definition) is 7. The van der Waals surface area contributed by atoms with E-state index in [9.17, 15) is 19.7 Å². The van der Waals surface area contributed by atoms with Gasteiger partial charge in [-0.15, -0.1) is 0 Å². The highest BCUT2D eigenvalue weighted by Gasteiger charge is 2.31. The largest absolute Gasteiger partial charge is 0.368 e. The zero-order chi connectivity index (χ0) is 24.9. The van der Waals surface area contributed by atoms with Gasteiger partial charge in [-0.2, -0.15) is 10.5 Å². The fourth-order valence-corrected chi connectivity index (χ4v) is 6.15. The van der Waals surface area contributed by atoms with Gasteiger partial charge >= 0.3 is 0 Å². The van der Waals surface area contributed by atoms with E-state index in [1.54, 1.807) is 0 Å². The summed E-state index contributed by atoms with van der Waals surface area (Å²) in [7, 11) is 0. The predicted octanol–water partition coefficient (Wildman–Crippen LogP) is 3.91. The molecule has 0 saturated carbocycles. The fraction of sp³-hybridized carbons (Fsp3) is 0.462. The van der Waals surface area contributed by atoms with Crippen molar-refractivity contribution in [3.05, 3.63) is 52.3 Å². The lowest BCUT2D eigenvalue weighted by Crippen LogP contribution is -2.44.